The first-order valence-corrected chi connectivity index (χ1v) is 5.84. The molecule has 2 aromatic heterocycles. The van der Waals surface area contributed by atoms with Gasteiger partial charge >= 0.3 is 5.97 Å². The summed E-state index contributed by atoms with van der Waals surface area (Å²) in [7, 11) is 0. The Labute approximate surface area is 106 Å². The Kier molecular flexibility index (Phi) is 3.33. The average Bonchev–Trinajstić information content (AvgIpc) is 2.84. The van der Waals surface area contributed by atoms with E-state index in [9.17, 15) is 4.79 Å². The first-order valence-electron chi connectivity index (χ1n) is 5.05. The molecule has 1 unspecified atom stereocenters. The molecule has 1 atom stereocenters. The average molecular weight is 299 g/mol. The third kappa shape index (κ3) is 2.76. The molecule has 5 nitrogen and oxygen atoms in total. The predicted octanol–water partition coefficient (Wildman–Crippen LogP) is 2.68. The molecule has 6 heteroatoms. The van der Waals surface area contributed by atoms with Crippen LogP contribution in [0.4, 0.5) is 0 Å². The fourth-order valence-electron chi connectivity index (χ4n) is 1.64. The predicted molar refractivity (Wildman–Crippen MR) is 63.8 cm³/mol. The Morgan fingerprint density at radius 1 is 1.65 bits per heavy atom. The minimum atomic E-state index is -0.892. The van der Waals surface area contributed by atoms with Gasteiger partial charge in [-0.15, -0.1) is 0 Å². The van der Waals surface area contributed by atoms with Gasteiger partial charge < -0.3 is 14.5 Å². The summed E-state index contributed by atoms with van der Waals surface area (Å²) in [4.78, 5) is 18.0. The van der Waals surface area contributed by atoms with Crippen LogP contribution in [0.2, 0.25) is 0 Å². The Morgan fingerprint density at radius 3 is 2.88 bits per heavy atom. The van der Waals surface area contributed by atoms with Gasteiger partial charge in [-0.1, -0.05) is 0 Å². The molecule has 17 heavy (non-hydrogen) atoms. The van der Waals surface area contributed by atoms with Gasteiger partial charge in [-0.25, -0.2) is 4.98 Å². The summed E-state index contributed by atoms with van der Waals surface area (Å²) in [5, 5.41) is 8.93. The molecule has 0 saturated carbocycles. The number of aryl methyl sites for hydroxylation is 1. The van der Waals surface area contributed by atoms with Crippen molar-refractivity contribution in [2.75, 3.05) is 0 Å². The molecule has 0 aliphatic rings. The standard InChI is InChI=1S/C11H11BrN2O3/c1-6-2-3-8(17-6)7(4-10(15)16)11-13-5-9(12)14-11/h2-3,5,7H,4H2,1H3,(H,13,14)(H,15,16). The fourth-order valence-corrected chi connectivity index (χ4v) is 1.94. The summed E-state index contributed by atoms with van der Waals surface area (Å²) in [6, 6.07) is 3.58. The zero-order valence-corrected chi connectivity index (χ0v) is 10.7. The number of imidazole rings is 1. The molecule has 0 aliphatic heterocycles. The monoisotopic (exact) mass is 298 g/mol. The molecule has 0 amide bonds. The summed E-state index contributed by atoms with van der Waals surface area (Å²) in [6.45, 7) is 1.82. The maximum atomic E-state index is 10.9. The minimum Gasteiger partial charge on any atom is -0.481 e. The van der Waals surface area contributed by atoms with E-state index in [1.807, 2.05) is 13.0 Å². The highest BCUT2D eigenvalue weighted by atomic mass is 79.9. The summed E-state index contributed by atoms with van der Waals surface area (Å²) in [6.07, 6.45) is 1.53. The number of rotatable bonds is 4. The van der Waals surface area contributed by atoms with E-state index < -0.39 is 11.9 Å². The number of nitrogens with zero attached hydrogens (tertiary/aromatic N) is 1. The number of carboxylic acid groups (broad SMARTS) is 1. The van der Waals surface area contributed by atoms with Crippen molar-refractivity contribution in [1.29, 1.82) is 0 Å². The maximum Gasteiger partial charge on any atom is 0.304 e. The number of carbonyl (C=O) groups is 1. The Balaban J connectivity index is 2.34. The molecule has 90 valence electrons. The molecule has 2 rings (SSSR count). The van der Waals surface area contributed by atoms with E-state index in [0.29, 0.717) is 16.2 Å². The largest absolute Gasteiger partial charge is 0.481 e. The Bertz CT molecular complexity index is 492. The van der Waals surface area contributed by atoms with Gasteiger partial charge in [0.2, 0.25) is 0 Å². The molecule has 0 saturated heterocycles. The molecule has 0 aliphatic carbocycles. The second-order valence-corrected chi connectivity index (χ2v) is 4.57. The van der Waals surface area contributed by atoms with Crippen LogP contribution in [0.15, 0.2) is 27.3 Å². The number of aromatic amines is 1. The number of aromatic nitrogens is 2. The highest BCUT2D eigenvalue weighted by Gasteiger charge is 2.23. The third-order valence-electron chi connectivity index (χ3n) is 2.38. The van der Waals surface area contributed by atoms with E-state index in [0.717, 1.165) is 5.76 Å². The Morgan fingerprint density at radius 2 is 2.41 bits per heavy atom. The van der Waals surface area contributed by atoms with Crippen LogP contribution in [0, 0.1) is 6.92 Å². The molecule has 2 N–H and O–H groups in total. The first kappa shape index (κ1) is 11.9. The maximum absolute atomic E-state index is 10.9. The lowest BCUT2D eigenvalue weighted by molar-refractivity contribution is -0.137. The second-order valence-electron chi connectivity index (χ2n) is 3.72. The Hall–Kier alpha value is -1.56. The van der Waals surface area contributed by atoms with Gasteiger partial charge in [-0.05, 0) is 35.0 Å². The zero-order valence-electron chi connectivity index (χ0n) is 9.11. The van der Waals surface area contributed by atoms with Crippen LogP contribution in [0.5, 0.6) is 0 Å². The van der Waals surface area contributed by atoms with Gasteiger partial charge in [0.1, 0.15) is 21.9 Å². The van der Waals surface area contributed by atoms with Gasteiger partial charge in [0.15, 0.2) is 0 Å². The molecule has 2 aromatic rings. The molecule has 0 fully saturated rings. The number of carboxylic acids is 1. The number of hydrogen-bond acceptors (Lipinski definition) is 3. The quantitative estimate of drug-likeness (QED) is 0.909. The van der Waals surface area contributed by atoms with E-state index in [1.54, 1.807) is 12.3 Å². The zero-order chi connectivity index (χ0) is 12.4. The molecular weight excluding hydrogens is 288 g/mol. The summed E-state index contributed by atoms with van der Waals surface area (Å²) in [5.41, 5.74) is 0. The fraction of sp³-hybridized carbons (Fsp3) is 0.273. The molecule has 0 aromatic carbocycles. The van der Waals surface area contributed by atoms with Crippen LogP contribution in [-0.2, 0) is 4.79 Å². The van der Waals surface area contributed by atoms with Gasteiger partial charge in [0.25, 0.3) is 0 Å². The van der Waals surface area contributed by atoms with Crippen molar-refractivity contribution in [2.24, 2.45) is 0 Å². The number of nitrogens with one attached hydrogen (secondary N) is 1. The van der Waals surface area contributed by atoms with Crippen LogP contribution >= 0.6 is 15.9 Å². The van der Waals surface area contributed by atoms with Gasteiger partial charge in [0.05, 0.1) is 18.5 Å². The third-order valence-corrected chi connectivity index (χ3v) is 2.78. The van der Waals surface area contributed by atoms with Crippen LogP contribution in [-0.4, -0.2) is 21.0 Å². The minimum absolute atomic E-state index is 0.0626. The van der Waals surface area contributed by atoms with E-state index in [1.165, 1.54) is 0 Å². The molecule has 0 radical (unpaired) electrons. The summed E-state index contributed by atoms with van der Waals surface area (Å²) in [5.74, 6) is 0.644. The first-order chi connectivity index (χ1) is 8.06. The molecule has 2 heterocycles. The molecular formula is C11H11BrN2O3. The number of H-pyrrole nitrogens is 1. The number of furan rings is 1. The van der Waals surface area contributed by atoms with Gasteiger partial charge in [0, 0.05) is 0 Å². The van der Waals surface area contributed by atoms with Crippen molar-refractivity contribution in [1.82, 2.24) is 9.97 Å². The lowest BCUT2D eigenvalue weighted by Crippen LogP contribution is -2.08. The molecule has 0 bridgehead atoms. The van der Waals surface area contributed by atoms with Crippen LogP contribution in [0.25, 0.3) is 0 Å². The van der Waals surface area contributed by atoms with Crippen molar-refractivity contribution in [3.8, 4) is 0 Å². The normalized spacial score (nSPS) is 12.6. The number of hydrogen-bond donors (Lipinski definition) is 2. The van der Waals surface area contributed by atoms with Crippen LogP contribution in [0.3, 0.4) is 0 Å². The highest BCUT2D eigenvalue weighted by Crippen LogP contribution is 2.28. The lowest BCUT2D eigenvalue weighted by atomic mass is 10.0. The van der Waals surface area contributed by atoms with E-state index in [2.05, 4.69) is 25.9 Å². The van der Waals surface area contributed by atoms with Crippen molar-refractivity contribution in [3.05, 3.63) is 40.3 Å². The molecule has 0 spiro atoms. The smallest absolute Gasteiger partial charge is 0.304 e. The second kappa shape index (κ2) is 4.75. The van der Waals surface area contributed by atoms with Crippen molar-refractivity contribution >= 4 is 21.9 Å². The van der Waals surface area contributed by atoms with E-state index in [4.69, 9.17) is 9.52 Å². The summed E-state index contributed by atoms with van der Waals surface area (Å²) < 4.78 is 6.19. The van der Waals surface area contributed by atoms with E-state index in [-0.39, 0.29) is 6.42 Å². The highest BCUT2D eigenvalue weighted by molar-refractivity contribution is 9.10. The van der Waals surface area contributed by atoms with Crippen molar-refractivity contribution < 1.29 is 14.3 Å². The SMILES string of the molecule is Cc1ccc(C(CC(=O)O)c2ncc(Br)[nH]2)o1. The van der Waals surface area contributed by atoms with Crippen molar-refractivity contribution in [2.45, 2.75) is 19.3 Å². The van der Waals surface area contributed by atoms with Gasteiger partial charge in [-0.2, -0.15) is 0 Å². The van der Waals surface area contributed by atoms with Gasteiger partial charge in [-0.3, -0.25) is 4.79 Å². The number of aliphatic carboxylic acids is 1. The summed E-state index contributed by atoms with van der Waals surface area (Å²) >= 11 is 3.25. The van der Waals surface area contributed by atoms with Crippen LogP contribution < -0.4 is 0 Å². The topological polar surface area (TPSA) is 79.1 Å². The van der Waals surface area contributed by atoms with Crippen LogP contribution in [0.1, 0.15) is 29.7 Å². The van der Waals surface area contributed by atoms with Crippen molar-refractivity contribution in [3.63, 3.8) is 0 Å². The number of halogens is 1. The lowest BCUT2D eigenvalue weighted by Gasteiger charge is -2.09. The van der Waals surface area contributed by atoms with E-state index >= 15 is 0 Å².